The Hall–Kier alpha value is -0.160. The van der Waals surface area contributed by atoms with E-state index < -0.39 is 0 Å². The van der Waals surface area contributed by atoms with Gasteiger partial charge in [-0.2, -0.15) is 0 Å². The van der Waals surface area contributed by atoms with Crippen LogP contribution in [-0.4, -0.2) is 52.7 Å². The fourth-order valence-corrected chi connectivity index (χ4v) is 1.84. The number of unbranched alkanes of at least 4 members (excludes halogenated alkanes) is 1. The second kappa shape index (κ2) is 16.9. The third-order valence-electron chi connectivity index (χ3n) is 3.32. The van der Waals surface area contributed by atoms with Gasteiger partial charge in [0.2, 0.25) is 0 Å². The number of ether oxygens (including phenoxy) is 3. The summed E-state index contributed by atoms with van der Waals surface area (Å²) in [6, 6.07) is 0. The zero-order valence-corrected chi connectivity index (χ0v) is 13.8. The van der Waals surface area contributed by atoms with Gasteiger partial charge in [-0.05, 0) is 31.8 Å². The van der Waals surface area contributed by atoms with Crippen molar-refractivity contribution in [2.75, 3.05) is 52.7 Å². The van der Waals surface area contributed by atoms with Crippen molar-refractivity contribution in [2.45, 2.75) is 46.5 Å². The van der Waals surface area contributed by atoms with Gasteiger partial charge in [-0.15, -0.1) is 0 Å². The molecule has 0 saturated carbocycles. The van der Waals surface area contributed by atoms with E-state index in [1.807, 2.05) is 0 Å². The summed E-state index contributed by atoms with van der Waals surface area (Å²) in [4.78, 5) is 0. The van der Waals surface area contributed by atoms with Crippen molar-refractivity contribution in [3.05, 3.63) is 0 Å². The first-order valence-corrected chi connectivity index (χ1v) is 8.29. The van der Waals surface area contributed by atoms with E-state index in [1.165, 1.54) is 12.8 Å². The summed E-state index contributed by atoms with van der Waals surface area (Å²) in [7, 11) is 0. The second-order valence-electron chi connectivity index (χ2n) is 5.06. The third-order valence-corrected chi connectivity index (χ3v) is 3.32. The average molecular weight is 289 g/mol. The normalized spacial score (nSPS) is 12.8. The maximum absolute atomic E-state index is 5.60. The minimum atomic E-state index is 0.668. The highest BCUT2D eigenvalue weighted by Gasteiger charge is 2.04. The smallest absolute Gasteiger partial charge is 0.0701 e. The van der Waals surface area contributed by atoms with Crippen molar-refractivity contribution in [1.82, 2.24) is 5.32 Å². The van der Waals surface area contributed by atoms with Gasteiger partial charge in [0.25, 0.3) is 0 Å². The summed E-state index contributed by atoms with van der Waals surface area (Å²) in [6.07, 6.45) is 4.65. The van der Waals surface area contributed by atoms with Crippen LogP contribution in [0.4, 0.5) is 0 Å². The Bertz CT molecular complexity index is 179. The average Bonchev–Trinajstić information content (AvgIpc) is 2.48. The lowest BCUT2D eigenvalue weighted by molar-refractivity contribution is 0.0118. The Morgan fingerprint density at radius 2 is 1.40 bits per heavy atom. The zero-order valence-electron chi connectivity index (χ0n) is 13.8. The molecule has 0 rings (SSSR count). The Morgan fingerprint density at radius 1 is 0.800 bits per heavy atom. The van der Waals surface area contributed by atoms with Crippen LogP contribution in [0.15, 0.2) is 0 Å². The van der Waals surface area contributed by atoms with Gasteiger partial charge in [0.1, 0.15) is 0 Å². The third kappa shape index (κ3) is 14.3. The highest BCUT2D eigenvalue weighted by Crippen LogP contribution is 2.06. The predicted molar refractivity (Wildman–Crippen MR) is 84.3 cm³/mol. The Morgan fingerprint density at radius 3 is 1.95 bits per heavy atom. The first-order chi connectivity index (χ1) is 9.85. The first-order valence-electron chi connectivity index (χ1n) is 8.29. The summed E-state index contributed by atoms with van der Waals surface area (Å²) in [6.45, 7) is 13.1. The number of nitrogens with one attached hydrogen (secondary N) is 1. The van der Waals surface area contributed by atoms with Crippen LogP contribution in [0.3, 0.4) is 0 Å². The molecule has 0 aromatic heterocycles. The van der Waals surface area contributed by atoms with Gasteiger partial charge in [0.05, 0.1) is 26.4 Å². The summed E-state index contributed by atoms with van der Waals surface area (Å²) >= 11 is 0. The molecular formula is C16H35NO3. The SMILES string of the molecule is CCCCOCCOCCOCCC(CC)CNCC. The molecule has 0 aliphatic rings. The van der Waals surface area contributed by atoms with Crippen LogP contribution in [0.2, 0.25) is 0 Å². The van der Waals surface area contributed by atoms with Crippen molar-refractivity contribution in [1.29, 1.82) is 0 Å². The summed E-state index contributed by atoms with van der Waals surface area (Å²) < 4.78 is 16.5. The molecule has 0 radical (unpaired) electrons. The molecule has 0 bridgehead atoms. The highest BCUT2D eigenvalue weighted by atomic mass is 16.5. The van der Waals surface area contributed by atoms with E-state index in [1.54, 1.807) is 0 Å². The van der Waals surface area contributed by atoms with Gasteiger partial charge in [-0.3, -0.25) is 0 Å². The van der Waals surface area contributed by atoms with Crippen LogP contribution < -0.4 is 5.32 Å². The van der Waals surface area contributed by atoms with Crippen LogP contribution in [0.5, 0.6) is 0 Å². The number of hydrogen-bond acceptors (Lipinski definition) is 4. The molecule has 0 spiro atoms. The van der Waals surface area contributed by atoms with Crippen molar-refractivity contribution in [3.63, 3.8) is 0 Å². The number of hydrogen-bond donors (Lipinski definition) is 1. The van der Waals surface area contributed by atoms with E-state index in [9.17, 15) is 0 Å². The van der Waals surface area contributed by atoms with Crippen LogP contribution >= 0.6 is 0 Å². The van der Waals surface area contributed by atoms with Gasteiger partial charge >= 0.3 is 0 Å². The highest BCUT2D eigenvalue weighted by molar-refractivity contribution is 4.59. The summed E-state index contributed by atoms with van der Waals surface area (Å²) in [5.41, 5.74) is 0. The lowest BCUT2D eigenvalue weighted by atomic mass is 10.0. The second-order valence-corrected chi connectivity index (χ2v) is 5.06. The quantitative estimate of drug-likeness (QED) is 0.444. The van der Waals surface area contributed by atoms with Crippen LogP contribution in [-0.2, 0) is 14.2 Å². The van der Waals surface area contributed by atoms with Gasteiger partial charge in [0.15, 0.2) is 0 Å². The molecule has 0 aliphatic carbocycles. The van der Waals surface area contributed by atoms with E-state index in [4.69, 9.17) is 14.2 Å². The first kappa shape index (κ1) is 19.8. The van der Waals surface area contributed by atoms with Crippen LogP contribution in [0.1, 0.15) is 46.5 Å². The van der Waals surface area contributed by atoms with Gasteiger partial charge < -0.3 is 19.5 Å². The zero-order chi connectivity index (χ0) is 14.9. The molecule has 1 unspecified atom stereocenters. The van der Waals surface area contributed by atoms with E-state index in [0.29, 0.717) is 26.4 Å². The maximum Gasteiger partial charge on any atom is 0.0701 e. The van der Waals surface area contributed by atoms with Crippen molar-refractivity contribution in [3.8, 4) is 0 Å². The maximum atomic E-state index is 5.60. The van der Waals surface area contributed by atoms with Gasteiger partial charge in [-0.1, -0.05) is 33.6 Å². The van der Waals surface area contributed by atoms with Crippen LogP contribution in [0, 0.1) is 5.92 Å². The molecule has 0 fully saturated rings. The summed E-state index contributed by atoms with van der Waals surface area (Å²) in [5.74, 6) is 0.725. The van der Waals surface area contributed by atoms with Crippen LogP contribution in [0.25, 0.3) is 0 Å². The molecule has 0 aromatic rings. The molecule has 0 aromatic carbocycles. The Kier molecular flexibility index (Phi) is 16.8. The van der Waals surface area contributed by atoms with Crippen molar-refractivity contribution >= 4 is 0 Å². The molecule has 0 saturated heterocycles. The fraction of sp³-hybridized carbons (Fsp3) is 1.00. The minimum absolute atomic E-state index is 0.668. The molecule has 0 heterocycles. The lowest BCUT2D eigenvalue weighted by Crippen LogP contribution is -2.23. The lowest BCUT2D eigenvalue weighted by Gasteiger charge is -2.15. The van der Waals surface area contributed by atoms with Gasteiger partial charge in [0, 0.05) is 13.2 Å². The van der Waals surface area contributed by atoms with E-state index in [-0.39, 0.29) is 0 Å². The fourth-order valence-electron chi connectivity index (χ4n) is 1.84. The molecular weight excluding hydrogens is 254 g/mol. The Balaban J connectivity index is 3.15. The van der Waals surface area contributed by atoms with Gasteiger partial charge in [-0.25, -0.2) is 0 Å². The standard InChI is InChI=1S/C16H35NO3/c1-4-7-9-18-11-13-20-14-12-19-10-8-16(5-2)15-17-6-3/h16-17H,4-15H2,1-3H3. The minimum Gasteiger partial charge on any atom is -0.379 e. The topological polar surface area (TPSA) is 39.7 Å². The van der Waals surface area contributed by atoms with Crippen molar-refractivity contribution < 1.29 is 14.2 Å². The molecule has 1 N–H and O–H groups in total. The molecule has 0 amide bonds. The molecule has 4 heteroatoms. The molecule has 4 nitrogen and oxygen atoms in total. The predicted octanol–water partition coefficient (Wildman–Crippen LogP) is 2.86. The molecule has 1 atom stereocenters. The van der Waals surface area contributed by atoms with Crippen molar-refractivity contribution in [2.24, 2.45) is 5.92 Å². The largest absolute Gasteiger partial charge is 0.379 e. The Labute approximate surface area is 125 Å². The molecule has 20 heavy (non-hydrogen) atoms. The number of rotatable bonds is 16. The van der Waals surface area contributed by atoms with E-state index >= 15 is 0 Å². The van der Waals surface area contributed by atoms with E-state index in [0.717, 1.165) is 45.1 Å². The summed E-state index contributed by atoms with van der Waals surface area (Å²) in [5, 5.41) is 3.39. The molecule has 0 aliphatic heterocycles. The molecule has 122 valence electrons. The monoisotopic (exact) mass is 289 g/mol. The van der Waals surface area contributed by atoms with E-state index in [2.05, 4.69) is 26.1 Å².